The van der Waals surface area contributed by atoms with E-state index in [9.17, 15) is 14.9 Å². The van der Waals surface area contributed by atoms with Crippen molar-refractivity contribution < 1.29 is 9.72 Å². The summed E-state index contributed by atoms with van der Waals surface area (Å²) in [4.78, 5) is 28.9. The lowest BCUT2D eigenvalue weighted by molar-refractivity contribution is -0.384. The summed E-state index contributed by atoms with van der Waals surface area (Å²) >= 11 is 5.56. The van der Waals surface area contributed by atoms with E-state index < -0.39 is 4.92 Å². The summed E-state index contributed by atoms with van der Waals surface area (Å²) in [7, 11) is 0. The minimum atomic E-state index is -0.652. The van der Waals surface area contributed by atoms with Gasteiger partial charge < -0.3 is 10.6 Å². The first-order chi connectivity index (χ1) is 8.69. The molecule has 0 aliphatic rings. The van der Waals surface area contributed by atoms with Crippen LogP contribution in [0.5, 0.6) is 0 Å². The number of aromatic nitrogens is 2. The first kappa shape index (κ1) is 15.1. The Balaban J connectivity index is 2.75. The van der Waals surface area contributed by atoms with Crippen molar-refractivity contribution in [2.24, 2.45) is 0 Å². The lowest BCUT2D eigenvalue weighted by Crippen LogP contribution is -2.43. The van der Waals surface area contributed by atoms with E-state index in [1.807, 2.05) is 20.8 Å². The number of nitrogens with zero attached hydrogens (tertiary/aromatic N) is 3. The maximum absolute atomic E-state index is 11.6. The smallest absolute Gasteiger partial charge is 0.329 e. The van der Waals surface area contributed by atoms with Gasteiger partial charge in [0.2, 0.25) is 17.0 Å². The van der Waals surface area contributed by atoms with Gasteiger partial charge in [0.25, 0.3) is 0 Å². The van der Waals surface area contributed by atoms with Gasteiger partial charge in [0, 0.05) is 5.54 Å². The monoisotopic (exact) mass is 287 g/mol. The zero-order chi connectivity index (χ0) is 14.6. The molecule has 8 nitrogen and oxygen atoms in total. The fourth-order valence-corrected chi connectivity index (χ4v) is 1.38. The molecule has 1 heterocycles. The molecule has 0 radical (unpaired) electrons. The van der Waals surface area contributed by atoms with E-state index >= 15 is 0 Å². The summed E-state index contributed by atoms with van der Waals surface area (Å²) in [5.74, 6) is -0.398. The highest BCUT2D eigenvalue weighted by atomic mass is 35.5. The molecule has 0 aromatic carbocycles. The van der Waals surface area contributed by atoms with Gasteiger partial charge in [-0.2, -0.15) is 4.98 Å². The fourth-order valence-electron chi connectivity index (χ4n) is 1.24. The molecule has 0 atom stereocenters. The van der Waals surface area contributed by atoms with Crippen LogP contribution in [0, 0.1) is 10.1 Å². The van der Waals surface area contributed by atoms with E-state index in [1.54, 1.807) is 0 Å². The van der Waals surface area contributed by atoms with Crippen molar-refractivity contribution >= 4 is 29.0 Å². The van der Waals surface area contributed by atoms with Crippen molar-refractivity contribution in [2.75, 3.05) is 11.9 Å². The van der Waals surface area contributed by atoms with Crippen molar-refractivity contribution in [3.8, 4) is 0 Å². The van der Waals surface area contributed by atoms with Crippen LogP contribution in [-0.4, -0.2) is 32.9 Å². The maximum atomic E-state index is 11.6. The Morgan fingerprint density at radius 3 is 2.68 bits per heavy atom. The summed E-state index contributed by atoms with van der Waals surface area (Å²) in [5.41, 5.74) is -0.721. The second-order valence-electron chi connectivity index (χ2n) is 4.78. The Kier molecular flexibility index (Phi) is 4.60. The van der Waals surface area contributed by atoms with E-state index in [4.69, 9.17) is 11.6 Å². The van der Waals surface area contributed by atoms with E-state index in [1.165, 1.54) is 0 Å². The molecule has 0 saturated heterocycles. The molecule has 1 aromatic rings. The van der Waals surface area contributed by atoms with Crippen LogP contribution >= 0.6 is 11.6 Å². The molecule has 104 valence electrons. The molecule has 0 bridgehead atoms. The van der Waals surface area contributed by atoms with Gasteiger partial charge in [-0.1, -0.05) is 0 Å². The van der Waals surface area contributed by atoms with Gasteiger partial charge in [-0.3, -0.25) is 14.9 Å². The van der Waals surface area contributed by atoms with Crippen molar-refractivity contribution in [3.63, 3.8) is 0 Å². The zero-order valence-electron chi connectivity index (χ0n) is 10.7. The third kappa shape index (κ3) is 5.04. The van der Waals surface area contributed by atoms with Crippen molar-refractivity contribution in [1.82, 2.24) is 15.3 Å². The van der Waals surface area contributed by atoms with Crippen LogP contribution in [-0.2, 0) is 4.79 Å². The van der Waals surface area contributed by atoms with Crippen LogP contribution in [0.4, 0.5) is 11.5 Å². The SMILES string of the molecule is CC(C)(C)NC(=O)CNc1nc(Cl)ncc1[N+](=O)[O-]. The minimum absolute atomic E-state index is 0.0888. The topological polar surface area (TPSA) is 110 Å². The number of rotatable bonds is 4. The lowest BCUT2D eigenvalue weighted by Gasteiger charge is -2.20. The number of hydrogen-bond donors (Lipinski definition) is 2. The first-order valence-electron chi connectivity index (χ1n) is 5.41. The first-order valence-corrected chi connectivity index (χ1v) is 5.78. The summed E-state index contributed by atoms with van der Waals surface area (Å²) in [6, 6.07) is 0. The molecule has 0 spiro atoms. The molecule has 0 fully saturated rings. The third-order valence-corrected chi connectivity index (χ3v) is 2.05. The van der Waals surface area contributed by atoms with Crippen molar-refractivity contribution in [2.45, 2.75) is 26.3 Å². The molecule has 1 amide bonds. The van der Waals surface area contributed by atoms with Crippen LogP contribution in [0.2, 0.25) is 5.28 Å². The number of amides is 1. The molecule has 0 aliphatic carbocycles. The normalized spacial score (nSPS) is 10.9. The van der Waals surface area contributed by atoms with Crippen LogP contribution in [0.25, 0.3) is 0 Å². The highest BCUT2D eigenvalue weighted by Crippen LogP contribution is 2.21. The quantitative estimate of drug-likeness (QED) is 0.491. The van der Waals surface area contributed by atoms with Gasteiger partial charge in [-0.15, -0.1) is 0 Å². The van der Waals surface area contributed by atoms with E-state index in [0.717, 1.165) is 6.20 Å². The minimum Gasteiger partial charge on any atom is -0.355 e. The summed E-state index contributed by atoms with van der Waals surface area (Å²) in [6.45, 7) is 5.34. The Morgan fingerprint density at radius 1 is 1.53 bits per heavy atom. The van der Waals surface area contributed by atoms with Crippen LogP contribution in [0.1, 0.15) is 20.8 Å². The van der Waals surface area contributed by atoms with E-state index in [2.05, 4.69) is 20.6 Å². The number of carbonyl (C=O) groups is 1. The summed E-state index contributed by atoms with van der Waals surface area (Å²) < 4.78 is 0. The molecular weight excluding hydrogens is 274 g/mol. The van der Waals surface area contributed by atoms with Crippen molar-refractivity contribution in [1.29, 1.82) is 0 Å². The Labute approximate surface area is 114 Å². The van der Waals surface area contributed by atoms with Gasteiger partial charge in [0.1, 0.15) is 6.20 Å². The second kappa shape index (κ2) is 5.79. The molecule has 9 heteroatoms. The largest absolute Gasteiger partial charge is 0.355 e. The second-order valence-corrected chi connectivity index (χ2v) is 5.12. The van der Waals surface area contributed by atoms with Gasteiger partial charge in [0.05, 0.1) is 11.5 Å². The predicted molar refractivity (Wildman–Crippen MR) is 70.1 cm³/mol. The van der Waals surface area contributed by atoms with Gasteiger partial charge in [-0.25, -0.2) is 4.98 Å². The molecule has 0 unspecified atom stereocenters. The predicted octanol–water partition coefficient (Wildman–Crippen LogP) is 1.36. The summed E-state index contributed by atoms with van der Waals surface area (Å²) in [6.07, 6.45) is 0.985. The highest BCUT2D eigenvalue weighted by Gasteiger charge is 2.19. The molecule has 1 rings (SSSR count). The average molecular weight is 288 g/mol. The maximum Gasteiger partial charge on any atom is 0.329 e. The molecule has 2 N–H and O–H groups in total. The molecule has 19 heavy (non-hydrogen) atoms. The van der Waals surface area contributed by atoms with Crippen molar-refractivity contribution in [3.05, 3.63) is 21.6 Å². The van der Waals surface area contributed by atoms with Gasteiger partial charge >= 0.3 is 5.69 Å². The Bertz CT molecular complexity index is 500. The lowest BCUT2D eigenvalue weighted by atomic mass is 10.1. The number of hydrogen-bond acceptors (Lipinski definition) is 6. The number of halogens is 1. The van der Waals surface area contributed by atoms with Crippen LogP contribution < -0.4 is 10.6 Å². The van der Waals surface area contributed by atoms with E-state index in [0.29, 0.717) is 0 Å². The number of carbonyl (C=O) groups excluding carboxylic acids is 1. The number of nitro groups is 1. The Hall–Kier alpha value is -1.96. The molecule has 0 aliphatic heterocycles. The number of anilines is 1. The highest BCUT2D eigenvalue weighted by molar-refractivity contribution is 6.28. The van der Waals surface area contributed by atoms with Crippen LogP contribution in [0.3, 0.4) is 0 Å². The standard InChI is InChI=1S/C10H14ClN5O3/c1-10(2,3)15-7(17)5-12-8-6(16(18)19)4-13-9(11)14-8/h4H,5H2,1-3H3,(H,15,17)(H,12,13,14). The third-order valence-electron chi connectivity index (χ3n) is 1.87. The number of nitrogens with one attached hydrogen (secondary N) is 2. The zero-order valence-corrected chi connectivity index (χ0v) is 11.5. The Morgan fingerprint density at radius 2 is 2.16 bits per heavy atom. The average Bonchev–Trinajstić information content (AvgIpc) is 2.23. The fraction of sp³-hybridized carbons (Fsp3) is 0.500. The summed E-state index contributed by atoms with van der Waals surface area (Å²) in [5, 5.41) is 15.9. The van der Waals surface area contributed by atoms with Crippen LogP contribution in [0.15, 0.2) is 6.20 Å². The van der Waals surface area contributed by atoms with Gasteiger partial charge in [-0.05, 0) is 32.4 Å². The molecular formula is C10H14ClN5O3. The molecule has 0 saturated carbocycles. The van der Waals surface area contributed by atoms with E-state index in [-0.39, 0.29) is 34.8 Å². The van der Waals surface area contributed by atoms with Gasteiger partial charge in [0.15, 0.2) is 0 Å². The molecule has 1 aromatic heterocycles.